The van der Waals surface area contributed by atoms with Crippen LogP contribution in [0.4, 0.5) is 28.8 Å². The van der Waals surface area contributed by atoms with Crippen molar-refractivity contribution in [1.29, 1.82) is 0 Å². The molecule has 0 bridgehead atoms. The van der Waals surface area contributed by atoms with Crippen LogP contribution in [0.3, 0.4) is 0 Å². The van der Waals surface area contributed by atoms with E-state index in [0.717, 1.165) is 29.0 Å². The van der Waals surface area contributed by atoms with Gasteiger partial charge in [0.05, 0.1) is 18.4 Å². The Bertz CT molecular complexity index is 1180. The number of anilines is 2. The highest BCUT2D eigenvalue weighted by atomic mass is 32.1. The Morgan fingerprint density at radius 1 is 1.09 bits per heavy atom. The summed E-state index contributed by atoms with van der Waals surface area (Å²) in [6.07, 6.45) is -4.11. The summed E-state index contributed by atoms with van der Waals surface area (Å²) in [7, 11) is 1.55. The first-order valence-corrected chi connectivity index (χ1v) is 11.5. The highest BCUT2D eigenvalue weighted by molar-refractivity contribution is 7.18. The predicted octanol–water partition coefficient (Wildman–Crippen LogP) is 5.41. The van der Waals surface area contributed by atoms with Gasteiger partial charge >= 0.3 is 12.2 Å². The van der Waals surface area contributed by atoms with E-state index in [9.17, 15) is 22.8 Å². The number of rotatable bonds is 8. The number of aromatic nitrogens is 2. The number of alkyl halides is 3. The van der Waals surface area contributed by atoms with E-state index in [1.54, 1.807) is 32.2 Å². The molecular formula is C23H24F3N5O3S. The molecule has 1 heterocycles. The van der Waals surface area contributed by atoms with Gasteiger partial charge in [-0.1, -0.05) is 55.9 Å². The quantitative estimate of drug-likeness (QED) is 0.378. The van der Waals surface area contributed by atoms with Gasteiger partial charge in [-0.2, -0.15) is 13.2 Å². The number of urea groups is 1. The fraction of sp³-hybridized carbons (Fsp3) is 0.304. The molecule has 0 aliphatic carbocycles. The molecule has 2 atom stereocenters. The van der Waals surface area contributed by atoms with Gasteiger partial charge in [-0.05, 0) is 30.2 Å². The number of para-hydroxylation sites is 1. The summed E-state index contributed by atoms with van der Waals surface area (Å²) in [6, 6.07) is 9.83. The minimum Gasteiger partial charge on any atom is -0.497 e. The Labute approximate surface area is 203 Å². The highest BCUT2D eigenvalue weighted by Crippen LogP contribution is 2.34. The lowest BCUT2D eigenvalue weighted by Gasteiger charge is -2.23. The summed E-state index contributed by atoms with van der Waals surface area (Å²) in [4.78, 5) is 25.5. The second-order valence-electron chi connectivity index (χ2n) is 7.64. The summed E-state index contributed by atoms with van der Waals surface area (Å²) in [5.41, 5.74) is -0.645. The maximum Gasteiger partial charge on any atom is 0.418 e. The third-order valence-electron chi connectivity index (χ3n) is 5.23. The number of halogens is 3. The van der Waals surface area contributed by atoms with Crippen LogP contribution in [0, 0.1) is 5.92 Å². The number of nitrogens with one attached hydrogen (secondary N) is 3. The van der Waals surface area contributed by atoms with Crippen LogP contribution >= 0.6 is 11.3 Å². The van der Waals surface area contributed by atoms with E-state index in [1.165, 1.54) is 12.1 Å². The molecule has 186 valence electrons. The van der Waals surface area contributed by atoms with Crippen molar-refractivity contribution >= 4 is 34.1 Å². The van der Waals surface area contributed by atoms with E-state index < -0.39 is 35.4 Å². The average molecular weight is 508 g/mol. The van der Waals surface area contributed by atoms with E-state index in [-0.39, 0.29) is 11.0 Å². The van der Waals surface area contributed by atoms with Crippen LogP contribution < -0.4 is 20.7 Å². The van der Waals surface area contributed by atoms with E-state index >= 15 is 0 Å². The van der Waals surface area contributed by atoms with Crippen LogP contribution in [-0.4, -0.2) is 35.3 Å². The first kappa shape index (κ1) is 25.9. The SMILES string of the molecule is CCC(C)C(NC(=O)Nc1ccccc1C(F)(F)F)C(=O)Nc1nnc(-c2cccc(OC)c2)s1. The minimum absolute atomic E-state index is 0.214. The smallest absolute Gasteiger partial charge is 0.418 e. The molecule has 0 aliphatic rings. The molecule has 3 rings (SSSR count). The Kier molecular flexibility index (Phi) is 8.28. The molecule has 0 spiro atoms. The summed E-state index contributed by atoms with van der Waals surface area (Å²) >= 11 is 1.13. The number of carbonyl (C=O) groups excluding carboxylic acids is 2. The third kappa shape index (κ3) is 6.69. The first-order valence-electron chi connectivity index (χ1n) is 10.6. The van der Waals surface area contributed by atoms with Crippen molar-refractivity contribution in [2.24, 2.45) is 5.92 Å². The van der Waals surface area contributed by atoms with Crippen LogP contribution in [0.5, 0.6) is 5.75 Å². The second kappa shape index (κ2) is 11.2. The monoisotopic (exact) mass is 507 g/mol. The number of methoxy groups -OCH3 is 1. The lowest BCUT2D eigenvalue weighted by atomic mass is 9.98. The van der Waals surface area contributed by atoms with Gasteiger partial charge in [0.1, 0.15) is 16.8 Å². The number of benzene rings is 2. The lowest BCUT2D eigenvalue weighted by molar-refractivity contribution is -0.137. The number of amides is 3. The Balaban J connectivity index is 1.72. The van der Waals surface area contributed by atoms with E-state index in [2.05, 4.69) is 26.1 Å². The van der Waals surface area contributed by atoms with Gasteiger partial charge in [-0.3, -0.25) is 10.1 Å². The van der Waals surface area contributed by atoms with Crippen LogP contribution in [0.2, 0.25) is 0 Å². The van der Waals surface area contributed by atoms with Crippen LogP contribution in [0.1, 0.15) is 25.8 Å². The van der Waals surface area contributed by atoms with Crippen LogP contribution in [-0.2, 0) is 11.0 Å². The highest BCUT2D eigenvalue weighted by Gasteiger charge is 2.34. The van der Waals surface area contributed by atoms with Gasteiger partial charge in [0.2, 0.25) is 11.0 Å². The maximum absolute atomic E-state index is 13.2. The largest absolute Gasteiger partial charge is 0.497 e. The summed E-state index contributed by atoms with van der Waals surface area (Å²) in [5, 5.41) is 16.1. The molecule has 1 aromatic heterocycles. The normalized spacial score (nSPS) is 13.0. The molecule has 3 amide bonds. The van der Waals surface area contributed by atoms with Crippen molar-refractivity contribution < 1.29 is 27.5 Å². The lowest BCUT2D eigenvalue weighted by Crippen LogP contribution is -2.49. The molecule has 0 saturated carbocycles. The molecule has 0 fully saturated rings. The average Bonchev–Trinajstić information content (AvgIpc) is 3.30. The van der Waals surface area contributed by atoms with E-state index in [4.69, 9.17) is 4.74 Å². The standard InChI is InChI=1S/C23H24F3N5O3S/c1-4-13(2)18(28-21(33)27-17-11-6-5-10-16(17)23(24,25)26)19(32)29-22-31-30-20(35-22)14-8-7-9-15(12-14)34-3/h5-13,18H,4H2,1-3H3,(H2,27,28,33)(H,29,31,32). The van der Waals surface area contributed by atoms with E-state index in [0.29, 0.717) is 17.2 Å². The summed E-state index contributed by atoms with van der Waals surface area (Å²) in [6.45, 7) is 3.57. The van der Waals surface area contributed by atoms with Crippen LogP contribution in [0.15, 0.2) is 48.5 Å². The molecule has 0 aliphatic heterocycles. The zero-order chi connectivity index (χ0) is 25.6. The van der Waals surface area contributed by atoms with Gasteiger partial charge in [0, 0.05) is 5.56 Å². The van der Waals surface area contributed by atoms with Crippen LogP contribution in [0.25, 0.3) is 10.6 Å². The van der Waals surface area contributed by atoms with Crippen molar-refractivity contribution in [3.8, 4) is 16.3 Å². The molecule has 0 radical (unpaired) electrons. The number of hydrogen-bond donors (Lipinski definition) is 3. The molecule has 2 unspecified atom stereocenters. The molecule has 8 nitrogen and oxygen atoms in total. The number of hydrogen-bond acceptors (Lipinski definition) is 6. The molecule has 3 N–H and O–H groups in total. The summed E-state index contributed by atoms with van der Waals surface area (Å²) in [5.74, 6) is -0.237. The Morgan fingerprint density at radius 3 is 2.51 bits per heavy atom. The molecular weight excluding hydrogens is 483 g/mol. The number of nitrogens with zero attached hydrogens (tertiary/aromatic N) is 2. The van der Waals surface area contributed by atoms with E-state index in [1.807, 2.05) is 13.0 Å². The van der Waals surface area contributed by atoms with Gasteiger partial charge in [0.15, 0.2) is 0 Å². The molecule has 0 saturated heterocycles. The molecule has 2 aromatic carbocycles. The van der Waals surface area contributed by atoms with Gasteiger partial charge in [-0.25, -0.2) is 4.79 Å². The van der Waals surface area contributed by atoms with Crippen molar-refractivity contribution in [3.05, 3.63) is 54.1 Å². The van der Waals surface area contributed by atoms with Gasteiger partial charge in [-0.15, -0.1) is 10.2 Å². The Morgan fingerprint density at radius 2 is 1.83 bits per heavy atom. The zero-order valence-electron chi connectivity index (χ0n) is 19.1. The first-order chi connectivity index (χ1) is 16.6. The predicted molar refractivity (Wildman–Crippen MR) is 127 cm³/mol. The Hall–Kier alpha value is -3.67. The van der Waals surface area contributed by atoms with Crippen molar-refractivity contribution in [3.63, 3.8) is 0 Å². The molecule has 12 heteroatoms. The fourth-order valence-corrected chi connectivity index (χ4v) is 3.91. The number of carbonyl (C=O) groups is 2. The molecule has 3 aromatic rings. The van der Waals surface area contributed by atoms with Crippen molar-refractivity contribution in [2.75, 3.05) is 17.7 Å². The van der Waals surface area contributed by atoms with Crippen molar-refractivity contribution in [1.82, 2.24) is 15.5 Å². The number of ether oxygens (including phenoxy) is 1. The maximum atomic E-state index is 13.2. The fourth-order valence-electron chi connectivity index (χ4n) is 3.17. The minimum atomic E-state index is -4.64. The van der Waals surface area contributed by atoms with Crippen molar-refractivity contribution in [2.45, 2.75) is 32.5 Å². The third-order valence-corrected chi connectivity index (χ3v) is 6.12. The van der Waals surface area contributed by atoms with Gasteiger partial charge < -0.3 is 15.4 Å². The zero-order valence-corrected chi connectivity index (χ0v) is 20.0. The molecule has 35 heavy (non-hydrogen) atoms. The summed E-state index contributed by atoms with van der Waals surface area (Å²) < 4.78 is 44.9. The van der Waals surface area contributed by atoms with Gasteiger partial charge in [0.25, 0.3) is 0 Å². The topological polar surface area (TPSA) is 105 Å². The second-order valence-corrected chi connectivity index (χ2v) is 8.62.